The Hall–Kier alpha value is -1.46. The van der Waals surface area contributed by atoms with E-state index >= 15 is 0 Å². The molecule has 55 heavy (non-hydrogen) atoms. The first-order valence-corrected chi connectivity index (χ1v) is 23.2. The van der Waals surface area contributed by atoms with Crippen molar-refractivity contribution in [1.29, 1.82) is 0 Å². The molecule has 0 saturated heterocycles. The standard InChI is InChI=1S/C44H54Cl4N4OS2/c1-51-27-39(37-23-33(45)25-43(47)41(37)29-51)31-13-17-35(18-14-31)54-49-21-11-9-7-5-3-4-6-8-10-12-22-50-55(53)36-19-15-32(16-20-36)40-28-52(2)30-42-38(40)24-34(46)26-44(42)48/h13-20,23-26,39-40,49-50H,3-12,21-22,27-30H2,1-2H3. The summed E-state index contributed by atoms with van der Waals surface area (Å²) >= 11 is 26.3. The number of fused-ring (bicyclic) bond motifs is 2. The third-order valence-electron chi connectivity index (χ3n) is 10.9. The van der Waals surface area contributed by atoms with Crippen LogP contribution in [0.1, 0.15) is 109 Å². The van der Waals surface area contributed by atoms with Crippen molar-refractivity contribution in [2.24, 2.45) is 0 Å². The fraction of sp³-hybridized carbons (Fsp3) is 0.455. The predicted octanol–water partition coefficient (Wildman–Crippen LogP) is 12.3. The van der Waals surface area contributed by atoms with E-state index in [2.05, 4.69) is 75.8 Å². The molecular formula is C44H54Cl4N4OS2. The van der Waals surface area contributed by atoms with Gasteiger partial charge in [-0.25, -0.2) is 0 Å². The maximum atomic E-state index is 12.9. The lowest BCUT2D eigenvalue weighted by Gasteiger charge is -2.33. The number of hydrogen-bond acceptors (Lipinski definition) is 6. The molecule has 2 N–H and O–H groups in total. The van der Waals surface area contributed by atoms with Gasteiger partial charge in [-0.3, -0.25) is 4.72 Å². The van der Waals surface area contributed by atoms with Crippen LogP contribution in [-0.2, 0) is 24.5 Å². The van der Waals surface area contributed by atoms with E-state index in [0.717, 1.165) is 66.2 Å². The summed E-state index contributed by atoms with van der Waals surface area (Å²) in [6.07, 6.45) is 12.4. The van der Waals surface area contributed by atoms with Crippen LogP contribution in [0.2, 0.25) is 20.1 Å². The SMILES string of the molecule is CN1Cc2c(Cl)cc(Cl)cc2C(c2ccc(SNCCCCCCCCCCCCN[S+]([O-])c3ccc(C4CN(C)Cc5c(Cl)cc(Cl)cc54)cc3)cc2)C1. The van der Waals surface area contributed by atoms with Crippen molar-refractivity contribution >= 4 is 69.7 Å². The molecule has 3 atom stereocenters. The highest BCUT2D eigenvalue weighted by molar-refractivity contribution is 7.97. The van der Waals surface area contributed by atoms with Crippen molar-refractivity contribution in [3.05, 3.63) is 126 Å². The minimum absolute atomic E-state index is 0.181. The number of halogens is 4. The molecule has 0 spiro atoms. The van der Waals surface area contributed by atoms with Crippen molar-refractivity contribution in [2.45, 2.75) is 98.9 Å². The van der Waals surface area contributed by atoms with Crippen LogP contribution in [0.4, 0.5) is 0 Å². The third kappa shape index (κ3) is 12.3. The van der Waals surface area contributed by atoms with E-state index in [0.29, 0.717) is 10.0 Å². The van der Waals surface area contributed by atoms with Crippen molar-refractivity contribution in [3.8, 4) is 0 Å². The number of likely N-dealkylation sites (N-methyl/N-ethyl adjacent to an activating group) is 2. The van der Waals surface area contributed by atoms with E-state index in [4.69, 9.17) is 46.4 Å². The first kappa shape index (κ1) is 43.1. The van der Waals surface area contributed by atoms with Gasteiger partial charge in [-0.2, -0.15) is 0 Å². The van der Waals surface area contributed by atoms with Crippen LogP contribution >= 0.6 is 58.4 Å². The van der Waals surface area contributed by atoms with Gasteiger partial charge in [0.15, 0.2) is 4.90 Å². The smallest absolute Gasteiger partial charge is 0.173 e. The van der Waals surface area contributed by atoms with E-state index < -0.39 is 11.4 Å². The fourth-order valence-corrected chi connectivity index (χ4v) is 10.7. The normalized spacial score (nSPS) is 17.9. The van der Waals surface area contributed by atoms with E-state index in [1.54, 1.807) is 11.9 Å². The summed E-state index contributed by atoms with van der Waals surface area (Å²) in [5.74, 6) is 0.450. The number of benzene rings is 4. The summed E-state index contributed by atoms with van der Waals surface area (Å²) in [7, 11) is 4.26. The Morgan fingerprint density at radius 2 is 1.05 bits per heavy atom. The van der Waals surface area contributed by atoms with Crippen LogP contribution in [0.3, 0.4) is 0 Å². The summed E-state index contributed by atoms with van der Waals surface area (Å²) in [5.41, 5.74) is 7.25. The number of nitrogens with zero attached hydrogens (tertiary/aromatic N) is 2. The van der Waals surface area contributed by atoms with Crippen LogP contribution in [0.5, 0.6) is 0 Å². The molecule has 2 aliphatic heterocycles. The molecule has 4 aromatic carbocycles. The average molecular weight is 861 g/mol. The van der Waals surface area contributed by atoms with Crippen LogP contribution in [0.25, 0.3) is 0 Å². The Morgan fingerprint density at radius 1 is 0.618 bits per heavy atom. The van der Waals surface area contributed by atoms with Crippen LogP contribution in [0.15, 0.2) is 82.6 Å². The molecule has 0 aromatic heterocycles. The predicted molar refractivity (Wildman–Crippen MR) is 237 cm³/mol. The largest absolute Gasteiger partial charge is 0.593 e. The number of nitrogens with one attached hydrogen (secondary N) is 2. The monoisotopic (exact) mass is 858 g/mol. The van der Waals surface area contributed by atoms with Gasteiger partial charge in [0, 0.05) is 76.1 Å². The van der Waals surface area contributed by atoms with Crippen LogP contribution < -0.4 is 9.44 Å². The second-order valence-corrected chi connectivity index (χ2v) is 19.2. The highest BCUT2D eigenvalue weighted by atomic mass is 35.5. The van der Waals surface area contributed by atoms with Gasteiger partial charge in [-0.15, -0.1) is 4.72 Å². The minimum atomic E-state index is -1.21. The molecule has 0 amide bonds. The lowest BCUT2D eigenvalue weighted by molar-refractivity contribution is 0.295. The molecule has 4 aromatic rings. The summed E-state index contributed by atoms with van der Waals surface area (Å²) in [6, 6.07) is 24.9. The zero-order valence-electron chi connectivity index (χ0n) is 32.0. The molecule has 2 heterocycles. The fourth-order valence-electron chi connectivity index (χ4n) is 7.97. The van der Waals surface area contributed by atoms with Crippen molar-refractivity contribution in [1.82, 2.24) is 19.2 Å². The Labute approximate surface area is 356 Å². The molecule has 3 unspecified atom stereocenters. The minimum Gasteiger partial charge on any atom is -0.593 e. The Morgan fingerprint density at radius 3 is 1.55 bits per heavy atom. The van der Waals surface area contributed by atoms with E-state index in [-0.39, 0.29) is 11.8 Å². The lowest BCUT2D eigenvalue weighted by atomic mass is 9.85. The topological polar surface area (TPSA) is 53.6 Å². The van der Waals surface area contributed by atoms with Gasteiger partial charge in [0.2, 0.25) is 0 Å². The summed E-state index contributed by atoms with van der Waals surface area (Å²) in [6.45, 7) is 5.30. The molecule has 5 nitrogen and oxygen atoms in total. The molecule has 0 radical (unpaired) electrons. The molecule has 2 aliphatic rings. The van der Waals surface area contributed by atoms with Gasteiger partial charge >= 0.3 is 0 Å². The Kier molecular flexibility index (Phi) is 16.9. The van der Waals surface area contributed by atoms with E-state index in [9.17, 15) is 4.55 Å². The molecular weight excluding hydrogens is 806 g/mol. The zero-order chi connectivity index (χ0) is 38.7. The first-order chi connectivity index (χ1) is 26.7. The molecule has 0 aliphatic carbocycles. The van der Waals surface area contributed by atoms with Gasteiger partial charge in [-0.1, -0.05) is 122 Å². The van der Waals surface area contributed by atoms with Gasteiger partial charge in [0.05, 0.1) is 11.4 Å². The van der Waals surface area contributed by atoms with Crippen LogP contribution in [0, 0.1) is 0 Å². The van der Waals surface area contributed by atoms with Crippen LogP contribution in [-0.4, -0.2) is 54.6 Å². The van der Waals surface area contributed by atoms with Gasteiger partial charge in [0.1, 0.15) is 0 Å². The van der Waals surface area contributed by atoms with E-state index in [1.807, 2.05) is 30.3 Å². The Bertz CT molecular complexity index is 1830. The first-order valence-electron chi connectivity index (χ1n) is 19.7. The molecule has 0 saturated carbocycles. The number of hydrogen-bond donors (Lipinski definition) is 2. The second kappa shape index (κ2) is 21.5. The quantitative estimate of drug-likeness (QED) is 0.0557. The average Bonchev–Trinajstić information content (AvgIpc) is 3.16. The number of rotatable bonds is 19. The lowest BCUT2D eigenvalue weighted by Crippen LogP contribution is -2.31. The van der Waals surface area contributed by atoms with Gasteiger partial charge in [-0.05, 0) is 121 Å². The number of unbranched alkanes of at least 4 members (excludes halogenated alkanes) is 9. The highest BCUT2D eigenvalue weighted by Crippen LogP contribution is 2.40. The molecule has 296 valence electrons. The maximum absolute atomic E-state index is 12.9. The van der Waals surface area contributed by atoms with E-state index in [1.165, 1.54) is 90.5 Å². The molecule has 0 fully saturated rings. The summed E-state index contributed by atoms with van der Waals surface area (Å²) in [5, 5.41) is 2.85. The van der Waals surface area contributed by atoms with Crippen molar-refractivity contribution < 1.29 is 4.55 Å². The maximum Gasteiger partial charge on any atom is 0.173 e. The third-order valence-corrected chi connectivity index (χ3v) is 14.0. The second-order valence-electron chi connectivity index (χ2n) is 15.2. The van der Waals surface area contributed by atoms with Gasteiger partial charge < -0.3 is 14.4 Å². The highest BCUT2D eigenvalue weighted by Gasteiger charge is 2.28. The molecule has 11 heteroatoms. The van der Waals surface area contributed by atoms with Crippen molar-refractivity contribution in [3.63, 3.8) is 0 Å². The summed E-state index contributed by atoms with van der Waals surface area (Å²) in [4.78, 5) is 6.66. The molecule has 6 rings (SSSR count). The summed E-state index contributed by atoms with van der Waals surface area (Å²) < 4.78 is 19.7. The molecule has 0 bridgehead atoms. The zero-order valence-corrected chi connectivity index (χ0v) is 36.7. The van der Waals surface area contributed by atoms with Crippen molar-refractivity contribution in [2.75, 3.05) is 40.3 Å². The Balaban J connectivity index is 0.772. The van der Waals surface area contributed by atoms with Gasteiger partial charge in [0.25, 0.3) is 0 Å².